The lowest BCUT2D eigenvalue weighted by molar-refractivity contribution is 0.345. The molecule has 0 unspecified atom stereocenters. The first-order chi connectivity index (χ1) is 8.00. The lowest BCUT2D eigenvalue weighted by atomic mass is 10.0. The van der Waals surface area contributed by atoms with Gasteiger partial charge in [0.25, 0.3) is 0 Å². The first-order valence-electron chi connectivity index (χ1n) is 6.37. The van der Waals surface area contributed by atoms with Crippen molar-refractivity contribution in [2.24, 2.45) is 0 Å². The Kier molecular flexibility index (Phi) is 5.41. The highest BCUT2D eigenvalue weighted by Crippen LogP contribution is 2.27. The summed E-state index contributed by atoms with van der Waals surface area (Å²) in [7, 11) is -3.21. The Labute approximate surface area is 105 Å². The van der Waals surface area contributed by atoms with Gasteiger partial charge in [-0.1, -0.05) is 19.3 Å². The van der Waals surface area contributed by atoms with Gasteiger partial charge in [-0.15, -0.1) is 0 Å². The Morgan fingerprint density at radius 2 is 1.88 bits per heavy atom. The molecule has 0 aromatic rings. The van der Waals surface area contributed by atoms with Crippen molar-refractivity contribution >= 4 is 10.0 Å². The zero-order valence-corrected chi connectivity index (χ0v) is 11.5. The third-order valence-corrected chi connectivity index (χ3v) is 5.89. The van der Waals surface area contributed by atoms with E-state index in [1.165, 1.54) is 4.31 Å². The molecule has 4 nitrogen and oxygen atoms in total. The van der Waals surface area contributed by atoms with E-state index in [-0.39, 0.29) is 17.7 Å². The molecule has 1 saturated carbocycles. The monoisotopic (exact) mass is 258 g/mol. The van der Waals surface area contributed by atoms with E-state index in [9.17, 15) is 8.42 Å². The number of rotatable bonds is 5. The van der Waals surface area contributed by atoms with Crippen molar-refractivity contribution in [1.29, 1.82) is 5.26 Å². The molecule has 1 rings (SSSR count). The molecule has 1 aliphatic rings. The molecule has 17 heavy (non-hydrogen) atoms. The summed E-state index contributed by atoms with van der Waals surface area (Å²) in [5, 5.41) is 8.38. The average molecular weight is 258 g/mol. The summed E-state index contributed by atoms with van der Waals surface area (Å²) in [5.74, 6) is 0. The molecule has 0 bridgehead atoms. The van der Waals surface area contributed by atoms with Gasteiger partial charge in [-0.2, -0.15) is 9.57 Å². The highest BCUT2D eigenvalue weighted by molar-refractivity contribution is 7.89. The second-order valence-corrected chi connectivity index (χ2v) is 7.08. The molecule has 5 heteroatoms. The van der Waals surface area contributed by atoms with Gasteiger partial charge >= 0.3 is 0 Å². The standard InChI is InChI=1S/C12H22N2O2S/c1-11(2)14(10-6-9-13)17(15,16)12-7-4-3-5-8-12/h11-12H,3-8,10H2,1-2H3. The zero-order valence-electron chi connectivity index (χ0n) is 10.7. The summed E-state index contributed by atoms with van der Waals surface area (Å²) < 4.78 is 26.4. The first-order valence-corrected chi connectivity index (χ1v) is 7.88. The van der Waals surface area contributed by atoms with Gasteiger partial charge in [-0.05, 0) is 26.7 Å². The second kappa shape index (κ2) is 6.36. The smallest absolute Gasteiger partial charge is 0.212 e. The summed E-state index contributed by atoms with van der Waals surface area (Å²) in [4.78, 5) is 0. The van der Waals surface area contributed by atoms with Crippen LogP contribution in [0.2, 0.25) is 0 Å². The highest BCUT2D eigenvalue weighted by atomic mass is 32.2. The Balaban J connectivity index is 2.79. The van der Waals surface area contributed by atoms with Crippen LogP contribution in [0.5, 0.6) is 0 Å². The minimum absolute atomic E-state index is 0.0599. The van der Waals surface area contributed by atoms with Crippen molar-refractivity contribution in [3.63, 3.8) is 0 Å². The predicted molar refractivity (Wildman–Crippen MR) is 67.9 cm³/mol. The van der Waals surface area contributed by atoms with Crippen LogP contribution in [-0.4, -0.2) is 30.6 Å². The second-order valence-electron chi connectivity index (χ2n) is 4.92. The molecule has 0 amide bonds. The molecular formula is C12H22N2O2S. The van der Waals surface area contributed by atoms with Gasteiger partial charge in [-0.25, -0.2) is 8.42 Å². The number of nitrogens with zero attached hydrogens (tertiary/aromatic N) is 2. The van der Waals surface area contributed by atoms with Crippen molar-refractivity contribution in [2.75, 3.05) is 6.54 Å². The number of nitriles is 1. The van der Waals surface area contributed by atoms with Gasteiger partial charge in [0.1, 0.15) is 0 Å². The molecule has 1 fully saturated rings. The molecular weight excluding hydrogens is 236 g/mol. The minimum atomic E-state index is -3.21. The molecule has 98 valence electrons. The Hall–Kier alpha value is -0.600. The molecule has 0 N–H and O–H groups in total. The summed E-state index contributed by atoms with van der Waals surface area (Å²) in [6.07, 6.45) is 4.98. The van der Waals surface area contributed by atoms with Gasteiger partial charge in [0.15, 0.2) is 0 Å². The fraction of sp³-hybridized carbons (Fsp3) is 0.917. The normalized spacial score (nSPS) is 18.5. The molecule has 0 spiro atoms. The third-order valence-electron chi connectivity index (χ3n) is 3.32. The zero-order chi connectivity index (χ0) is 12.9. The predicted octanol–water partition coefficient (Wildman–Crippen LogP) is 2.27. The maximum atomic E-state index is 12.4. The SMILES string of the molecule is CC(C)N(CCC#N)S(=O)(=O)C1CCCCC1. The molecule has 0 aromatic carbocycles. The van der Waals surface area contributed by atoms with Crippen LogP contribution in [0.1, 0.15) is 52.4 Å². The molecule has 0 aromatic heterocycles. The quantitative estimate of drug-likeness (QED) is 0.760. The summed E-state index contributed by atoms with van der Waals surface area (Å²) >= 11 is 0. The van der Waals surface area contributed by atoms with Gasteiger partial charge in [0.05, 0.1) is 11.3 Å². The number of sulfonamides is 1. The van der Waals surface area contributed by atoms with Crippen molar-refractivity contribution < 1.29 is 8.42 Å². The largest absolute Gasteiger partial charge is 0.217 e. The van der Waals surface area contributed by atoms with E-state index in [4.69, 9.17) is 5.26 Å². The van der Waals surface area contributed by atoms with Crippen LogP contribution in [0, 0.1) is 11.3 Å². The van der Waals surface area contributed by atoms with Crippen LogP contribution in [0.15, 0.2) is 0 Å². The van der Waals surface area contributed by atoms with Gasteiger partial charge in [0.2, 0.25) is 10.0 Å². The van der Waals surface area contributed by atoms with Crippen LogP contribution in [0.25, 0.3) is 0 Å². The summed E-state index contributed by atoms with van der Waals surface area (Å²) in [6.45, 7) is 4.07. The lowest BCUT2D eigenvalue weighted by Crippen LogP contribution is -2.44. The van der Waals surface area contributed by atoms with Crippen molar-refractivity contribution in [3.8, 4) is 6.07 Å². The summed E-state index contributed by atoms with van der Waals surface area (Å²) in [5.41, 5.74) is 0. The Morgan fingerprint density at radius 1 is 1.29 bits per heavy atom. The maximum absolute atomic E-state index is 12.4. The fourth-order valence-electron chi connectivity index (χ4n) is 2.39. The van der Waals surface area contributed by atoms with E-state index >= 15 is 0 Å². The Morgan fingerprint density at radius 3 is 2.35 bits per heavy atom. The maximum Gasteiger partial charge on any atom is 0.217 e. The lowest BCUT2D eigenvalue weighted by Gasteiger charge is -2.31. The van der Waals surface area contributed by atoms with Gasteiger partial charge in [-0.3, -0.25) is 0 Å². The minimum Gasteiger partial charge on any atom is -0.212 e. The topological polar surface area (TPSA) is 61.2 Å². The fourth-order valence-corrected chi connectivity index (χ4v) is 4.64. The van der Waals surface area contributed by atoms with Crippen LogP contribution in [-0.2, 0) is 10.0 Å². The molecule has 0 radical (unpaired) electrons. The first kappa shape index (κ1) is 14.5. The van der Waals surface area contributed by atoms with E-state index in [1.54, 1.807) is 0 Å². The van der Waals surface area contributed by atoms with Crippen LogP contribution < -0.4 is 0 Å². The average Bonchev–Trinajstić information content (AvgIpc) is 2.30. The van der Waals surface area contributed by atoms with E-state index in [0.717, 1.165) is 32.1 Å². The van der Waals surface area contributed by atoms with Crippen molar-refractivity contribution in [1.82, 2.24) is 4.31 Å². The molecule has 0 aliphatic heterocycles. The van der Waals surface area contributed by atoms with Gasteiger partial charge < -0.3 is 0 Å². The highest BCUT2D eigenvalue weighted by Gasteiger charge is 2.33. The summed E-state index contributed by atoms with van der Waals surface area (Å²) in [6, 6.07) is 1.96. The molecule has 1 aliphatic carbocycles. The van der Waals surface area contributed by atoms with Crippen LogP contribution in [0.3, 0.4) is 0 Å². The van der Waals surface area contributed by atoms with Crippen LogP contribution >= 0.6 is 0 Å². The van der Waals surface area contributed by atoms with E-state index in [1.807, 2.05) is 19.9 Å². The molecule has 0 heterocycles. The van der Waals surface area contributed by atoms with Gasteiger partial charge in [0, 0.05) is 19.0 Å². The molecule has 0 saturated heterocycles. The molecule has 0 atom stereocenters. The van der Waals surface area contributed by atoms with E-state index in [0.29, 0.717) is 6.54 Å². The van der Waals surface area contributed by atoms with Crippen LogP contribution in [0.4, 0.5) is 0 Å². The van der Waals surface area contributed by atoms with E-state index in [2.05, 4.69) is 0 Å². The van der Waals surface area contributed by atoms with E-state index < -0.39 is 10.0 Å². The third kappa shape index (κ3) is 3.68. The van der Waals surface area contributed by atoms with Crippen molar-refractivity contribution in [2.45, 2.75) is 63.7 Å². The van der Waals surface area contributed by atoms with Crippen molar-refractivity contribution in [3.05, 3.63) is 0 Å². The Bertz CT molecular complexity index is 364. The number of hydrogen-bond acceptors (Lipinski definition) is 3. The number of hydrogen-bond donors (Lipinski definition) is 0.